The van der Waals surface area contributed by atoms with Gasteiger partial charge in [-0.2, -0.15) is 0 Å². The van der Waals surface area contributed by atoms with E-state index in [-0.39, 0.29) is 5.97 Å². The first kappa shape index (κ1) is 11.4. The highest BCUT2D eigenvalue weighted by Crippen LogP contribution is 1.98. The lowest BCUT2D eigenvalue weighted by Gasteiger charge is -2.12. The molecule has 0 spiro atoms. The molecule has 0 saturated heterocycles. The molecule has 0 aromatic rings. The lowest BCUT2D eigenvalue weighted by Crippen LogP contribution is -2.17. The lowest BCUT2D eigenvalue weighted by molar-refractivity contribution is -0.174. The Balaban J connectivity index is 3.32. The van der Waals surface area contributed by atoms with Crippen LogP contribution in [0.15, 0.2) is 0 Å². The number of rotatable bonds is 6. The van der Waals surface area contributed by atoms with Crippen LogP contribution < -0.4 is 0 Å². The SMILES string of the molecule is CCCCOC(C)OC(=O)CC. The molecule has 1 atom stereocenters. The zero-order valence-electron chi connectivity index (χ0n) is 8.13. The molecule has 0 aromatic heterocycles. The molecular formula is C9H18O3. The molecule has 72 valence electrons. The molecule has 12 heavy (non-hydrogen) atoms. The zero-order valence-corrected chi connectivity index (χ0v) is 8.13. The minimum atomic E-state index is -0.399. The molecule has 3 nitrogen and oxygen atoms in total. The van der Waals surface area contributed by atoms with Crippen LogP contribution in [0.25, 0.3) is 0 Å². The second-order valence-corrected chi connectivity index (χ2v) is 2.64. The molecule has 0 radical (unpaired) electrons. The summed E-state index contributed by atoms with van der Waals surface area (Å²) in [5, 5.41) is 0. The predicted molar refractivity (Wildman–Crippen MR) is 46.7 cm³/mol. The van der Waals surface area contributed by atoms with E-state index >= 15 is 0 Å². The third-order valence-corrected chi connectivity index (χ3v) is 1.44. The van der Waals surface area contributed by atoms with Crippen LogP contribution in [-0.2, 0) is 14.3 Å². The van der Waals surface area contributed by atoms with Gasteiger partial charge in [0.25, 0.3) is 0 Å². The van der Waals surface area contributed by atoms with Crippen molar-refractivity contribution in [3.05, 3.63) is 0 Å². The fraction of sp³-hybridized carbons (Fsp3) is 0.889. The van der Waals surface area contributed by atoms with Gasteiger partial charge in [-0.1, -0.05) is 20.3 Å². The van der Waals surface area contributed by atoms with Gasteiger partial charge in [-0.3, -0.25) is 4.79 Å². The number of esters is 1. The molecule has 0 fully saturated rings. The Morgan fingerprint density at radius 2 is 2.08 bits per heavy atom. The average molecular weight is 174 g/mol. The first-order valence-electron chi connectivity index (χ1n) is 4.51. The number of hydrogen-bond acceptors (Lipinski definition) is 3. The van der Waals surface area contributed by atoms with Gasteiger partial charge in [-0.05, 0) is 13.3 Å². The maximum Gasteiger partial charge on any atom is 0.307 e. The van der Waals surface area contributed by atoms with Crippen LogP contribution in [0.1, 0.15) is 40.0 Å². The first-order chi connectivity index (χ1) is 5.70. The maximum atomic E-state index is 10.8. The Labute approximate surface area is 74.0 Å². The van der Waals surface area contributed by atoms with E-state index < -0.39 is 6.29 Å². The molecule has 0 aliphatic carbocycles. The van der Waals surface area contributed by atoms with Crippen LogP contribution in [0, 0.1) is 0 Å². The monoisotopic (exact) mass is 174 g/mol. The fourth-order valence-corrected chi connectivity index (χ4v) is 0.696. The molecule has 0 N–H and O–H groups in total. The van der Waals surface area contributed by atoms with Crippen molar-refractivity contribution in [2.24, 2.45) is 0 Å². The van der Waals surface area contributed by atoms with Gasteiger partial charge < -0.3 is 9.47 Å². The molecular weight excluding hydrogens is 156 g/mol. The smallest absolute Gasteiger partial charge is 0.307 e. The highest BCUT2D eigenvalue weighted by molar-refractivity contribution is 5.68. The van der Waals surface area contributed by atoms with Crippen molar-refractivity contribution in [1.29, 1.82) is 0 Å². The molecule has 0 saturated carbocycles. The van der Waals surface area contributed by atoms with Crippen molar-refractivity contribution in [2.45, 2.75) is 46.3 Å². The van der Waals surface area contributed by atoms with Crippen LogP contribution >= 0.6 is 0 Å². The number of hydrogen-bond donors (Lipinski definition) is 0. The van der Waals surface area contributed by atoms with Crippen LogP contribution in [0.2, 0.25) is 0 Å². The molecule has 0 rings (SSSR count). The quantitative estimate of drug-likeness (QED) is 0.351. The second-order valence-electron chi connectivity index (χ2n) is 2.64. The van der Waals surface area contributed by atoms with Gasteiger partial charge in [0.05, 0.1) is 6.61 Å². The summed E-state index contributed by atoms with van der Waals surface area (Å²) in [6.07, 6.45) is 2.10. The second kappa shape index (κ2) is 7.10. The van der Waals surface area contributed by atoms with Crippen molar-refractivity contribution in [3.8, 4) is 0 Å². The summed E-state index contributed by atoms with van der Waals surface area (Å²) in [5.74, 6) is -0.209. The average Bonchev–Trinajstić information content (AvgIpc) is 2.05. The minimum Gasteiger partial charge on any atom is -0.436 e. The predicted octanol–water partition coefficient (Wildman–Crippen LogP) is 2.10. The molecule has 1 unspecified atom stereocenters. The summed E-state index contributed by atoms with van der Waals surface area (Å²) in [6.45, 7) is 6.26. The Kier molecular flexibility index (Phi) is 6.76. The van der Waals surface area contributed by atoms with Gasteiger partial charge >= 0.3 is 5.97 Å². The van der Waals surface area contributed by atoms with E-state index in [0.29, 0.717) is 13.0 Å². The van der Waals surface area contributed by atoms with Gasteiger partial charge in [-0.15, -0.1) is 0 Å². The summed E-state index contributed by atoms with van der Waals surface area (Å²) in [7, 11) is 0. The molecule has 0 amide bonds. The van der Waals surface area contributed by atoms with Crippen LogP contribution in [0.4, 0.5) is 0 Å². The number of carbonyl (C=O) groups is 1. The summed E-state index contributed by atoms with van der Waals surface area (Å²) in [5.41, 5.74) is 0. The lowest BCUT2D eigenvalue weighted by atomic mass is 10.4. The number of carbonyl (C=O) groups excluding carboxylic acids is 1. The normalized spacial score (nSPS) is 12.6. The number of unbranched alkanes of at least 4 members (excludes halogenated alkanes) is 1. The topological polar surface area (TPSA) is 35.5 Å². The third kappa shape index (κ3) is 6.16. The molecule has 0 heterocycles. The van der Waals surface area contributed by atoms with Crippen molar-refractivity contribution < 1.29 is 14.3 Å². The van der Waals surface area contributed by atoms with Gasteiger partial charge in [0, 0.05) is 6.42 Å². The van der Waals surface area contributed by atoms with E-state index in [0.717, 1.165) is 12.8 Å². The van der Waals surface area contributed by atoms with Crippen LogP contribution in [-0.4, -0.2) is 18.9 Å². The zero-order chi connectivity index (χ0) is 9.40. The highest BCUT2D eigenvalue weighted by Gasteiger charge is 2.05. The van der Waals surface area contributed by atoms with Gasteiger partial charge in [0.2, 0.25) is 0 Å². The Hall–Kier alpha value is -0.570. The van der Waals surface area contributed by atoms with E-state index in [4.69, 9.17) is 9.47 Å². The molecule has 0 bridgehead atoms. The van der Waals surface area contributed by atoms with Gasteiger partial charge in [-0.25, -0.2) is 0 Å². The summed E-state index contributed by atoms with van der Waals surface area (Å²) < 4.78 is 10.1. The maximum absolute atomic E-state index is 10.8. The van der Waals surface area contributed by atoms with E-state index in [1.165, 1.54) is 0 Å². The van der Waals surface area contributed by atoms with Crippen LogP contribution in [0.5, 0.6) is 0 Å². The molecule has 3 heteroatoms. The van der Waals surface area contributed by atoms with Gasteiger partial charge in [0.1, 0.15) is 0 Å². The first-order valence-corrected chi connectivity index (χ1v) is 4.51. The molecule has 0 aromatic carbocycles. The van der Waals surface area contributed by atoms with E-state index in [1.807, 2.05) is 0 Å². The summed E-state index contributed by atoms with van der Waals surface area (Å²) in [4.78, 5) is 10.8. The van der Waals surface area contributed by atoms with Crippen molar-refractivity contribution in [1.82, 2.24) is 0 Å². The fourth-order valence-electron chi connectivity index (χ4n) is 0.696. The van der Waals surface area contributed by atoms with E-state index in [9.17, 15) is 4.79 Å². The third-order valence-electron chi connectivity index (χ3n) is 1.44. The molecule has 0 aliphatic heterocycles. The van der Waals surface area contributed by atoms with E-state index in [2.05, 4.69) is 6.92 Å². The van der Waals surface area contributed by atoms with Gasteiger partial charge in [0.15, 0.2) is 6.29 Å². The number of ether oxygens (including phenoxy) is 2. The minimum absolute atomic E-state index is 0.209. The standard InChI is InChI=1S/C9H18O3/c1-4-6-7-11-8(3)12-9(10)5-2/h8H,4-7H2,1-3H3. The van der Waals surface area contributed by atoms with E-state index in [1.54, 1.807) is 13.8 Å². The van der Waals surface area contributed by atoms with Crippen molar-refractivity contribution in [3.63, 3.8) is 0 Å². The Morgan fingerprint density at radius 3 is 2.58 bits per heavy atom. The summed E-state index contributed by atoms with van der Waals surface area (Å²) >= 11 is 0. The molecule has 0 aliphatic rings. The van der Waals surface area contributed by atoms with Crippen LogP contribution in [0.3, 0.4) is 0 Å². The Bertz CT molecular complexity index is 123. The van der Waals surface area contributed by atoms with Crippen molar-refractivity contribution >= 4 is 5.97 Å². The largest absolute Gasteiger partial charge is 0.436 e. The Morgan fingerprint density at radius 1 is 1.42 bits per heavy atom. The summed E-state index contributed by atoms with van der Waals surface area (Å²) in [6, 6.07) is 0. The van der Waals surface area contributed by atoms with Crippen molar-refractivity contribution in [2.75, 3.05) is 6.61 Å². The highest BCUT2D eigenvalue weighted by atomic mass is 16.7.